The number of hydrogen-bond donors (Lipinski definition) is 0. The Balaban J connectivity index is 1.65. The number of carbonyl (C=O) groups excluding carboxylic acids is 1. The van der Waals surface area contributed by atoms with Crippen LogP contribution in [0.4, 0.5) is 0 Å². The van der Waals surface area contributed by atoms with Crippen molar-refractivity contribution >= 4 is 5.91 Å². The van der Waals surface area contributed by atoms with Crippen LogP contribution in [-0.4, -0.2) is 22.3 Å². The Bertz CT molecular complexity index is 475. The predicted octanol–water partition coefficient (Wildman–Crippen LogP) is 2.78. The normalized spacial score (nSPS) is 28.0. The van der Waals surface area contributed by atoms with Crippen LogP contribution in [-0.2, 0) is 11.3 Å². The quantitative estimate of drug-likeness (QED) is 0.832. The maximum atomic E-state index is 12.5. The maximum Gasteiger partial charge on any atom is 0.226 e. The van der Waals surface area contributed by atoms with Gasteiger partial charge in [0, 0.05) is 18.2 Å². The van der Waals surface area contributed by atoms with E-state index in [1.165, 1.54) is 6.42 Å². The average Bonchev–Trinajstić information content (AvgIpc) is 3.02. The van der Waals surface area contributed by atoms with Crippen molar-refractivity contribution in [1.82, 2.24) is 9.88 Å². The molecule has 1 aromatic rings. The Morgan fingerprint density at radius 3 is 2.68 bits per heavy atom. The van der Waals surface area contributed by atoms with Crippen molar-refractivity contribution in [2.45, 2.75) is 39.7 Å². The Morgan fingerprint density at radius 1 is 1.32 bits per heavy atom. The van der Waals surface area contributed by atoms with Gasteiger partial charge in [0.2, 0.25) is 5.91 Å². The first kappa shape index (κ1) is 12.6. The lowest BCUT2D eigenvalue weighted by molar-refractivity contribution is -0.136. The Kier molecular flexibility index (Phi) is 3.29. The van der Waals surface area contributed by atoms with Gasteiger partial charge in [0.1, 0.15) is 0 Å². The zero-order valence-corrected chi connectivity index (χ0v) is 11.8. The van der Waals surface area contributed by atoms with E-state index in [-0.39, 0.29) is 5.92 Å². The summed E-state index contributed by atoms with van der Waals surface area (Å²) in [5.41, 5.74) is 2.02. The molecule has 2 aliphatic rings. The molecular formula is C16H22N2O. The first-order valence-electron chi connectivity index (χ1n) is 7.38. The fourth-order valence-electron chi connectivity index (χ4n) is 3.40. The number of fused-ring (bicyclic) bond motifs is 1. The number of amides is 1. The number of pyridine rings is 1. The lowest BCUT2D eigenvalue weighted by Gasteiger charge is -2.24. The SMILES string of the molecule is CCN(Cc1cccc(C)n1)C(=O)C1CC2CC2C1. The number of carbonyl (C=O) groups is 1. The summed E-state index contributed by atoms with van der Waals surface area (Å²) in [6.07, 6.45) is 3.62. The van der Waals surface area contributed by atoms with Gasteiger partial charge in [0.05, 0.1) is 12.2 Å². The van der Waals surface area contributed by atoms with Crippen LogP contribution in [0.5, 0.6) is 0 Å². The van der Waals surface area contributed by atoms with Crippen molar-refractivity contribution in [1.29, 1.82) is 0 Å². The van der Waals surface area contributed by atoms with E-state index in [1.54, 1.807) is 0 Å². The van der Waals surface area contributed by atoms with E-state index >= 15 is 0 Å². The van der Waals surface area contributed by atoms with Crippen LogP contribution >= 0.6 is 0 Å². The largest absolute Gasteiger partial charge is 0.337 e. The molecule has 2 saturated carbocycles. The molecule has 2 aliphatic carbocycles. The number of rotatable bonds is 4. The molecule has 3 nitrogen and oxygen atoms in total. The van der Waals surface area contributed by atoms with Gasteiger partial charge in [0.15, 0.2) is 0 Å². The van der Waals surface area contributed by atoms with Crippen LogP contribution in [0.15, 0.2) is 18.2 Å². The minimum absolute atomic E-state index is 0.286. The highest BCUT2D eigenvalue weighted by Gasteiger charge is 2.48. The van der Waals surface area contributed by atoms with E-state index in [0.717, 1.165) is 42.6 Å². The van der Waals surface area contributed by atoms with Gasteiger partial charge in [-0.05, 0) is 57.1 Å². The number of aromatic nitrogens is 1. The molecule has 0 aliphatic heterocycles. The van der Waals surface area contributed by atoms with E-state index in [1.807, 2.05) is 30.0 Å². The fraction of sp³-hybridized carbons (Fsp3) is 0.625. The zero-order chi connectivity index (χ0) is 13.4. The average molecular weight is 258 g/mol. The van der Waals surface area contributed by atoms with Gasteiger partial charge in [-0.15, -0.1) is 0 Å². The standard InChI is InChI=1S/C16H22N2O/c1-3-18(10-15-6-4-5-11(2)17-15)16(19)14-8-12-7-13(12)9-14/h4-6,12-14H,3,7-10H2,1-2H3. The van der Waals surface area contributed by atoms with Crippen LogP contribution in [0.2, 0.25) is 0 Å². The van der Waals surface area contributed by atoms with Crippen molar-refractivity contribution in [2.24, 2.45) is 17.8 Å². The maximum absolute atomic E-state index is 12.5. The van der Waals surface area contributed by atoms with Gasteiger partial charge in [-0.1, -0.05) is 6.07 Å². The molecule has 3 rings (SSSR count). The van der Waals surface area contributed by atoms with Crippen LogP contribution in [0.25, 0.3) is 0 Å². The molecule has 0 spiro atoms. The first-order valence-corrected chi connectivity index (χ1v) is 7.38. The summed E-state index contributed by atoms with van der Waals surface area (Å²) in [6.45, 7) is 5.48. The summed E-state index contributed by atoms with van der Waals surface area (Å²) < 4.78 is 0. The molecule has 0 saturated heterocycles. The van der Waals surface area contributed by atoms with Gasteiger partial charge in [-0.2, -0.15) is 0 Å². The van der Waals surface area contributed by atoms with E-state index in [9.17, 15) is 4.79 Å². The third kappa shape index (κ3) is 2.65. The fourth-order valence-corrected chi connectivity index (χ4v) is 3.40. The molecule has 1 heterocycles. The van der Waals surface area contributed by atoms with Crippen LogP contribution in [0.3, 0.4) is 0 Å². The molecule has 3 heteroatoms. The second-order valence-electron chi connectivity index (χ2n) is 6.05. The highest BCUT2D eigenvalue weighted by atomic mass is 16.2. The minimum Gasteiger partial charge on any atom is -0.337 e. The summed E-state index contributed by atoms with van der Waals surface area (Å²) in [5.74, 6) is 2.36. The van der Waals surface area contributed by atoms with Crippen molar-refractivity contribution in [2.75, 3.05) is 6.54 Å². The zero-order valence-electron chi connectivity index (χ0n) is 11.8. The molecule has 102 valence electrons. The third-order valence-electron chi connectivity index (χ3n) is 4.59. The lowest BCUT2D eigenvalue weighted by atomic mass is 10.0. The second kappa shape index (κ2) is 4.95. The van der Waals surface area contributed by atoms with E-state index in [2.05, 4.69) is 11.9 Å². The molecule has 0 radical (unpaired) electrons. The van der Waals surface area contributed by atoms with E-state index in [4.69, 9.17) is 0 Å². The summed E-state index contributed by atoms with van der Waals surface area (Å²) in [6, 6.07) is 6.02. The summed E-state index contributed by atoms with van der Waals surface area (Å²) in [5, 5.41) is 0. The lowest BCUT2D eigenvalue weighted by Crippen LogP contribution is -2.35. The third-order valence-corrected chi connectivity index (χ3v) is 4.59. The number of nitrogens with zero attached hydrogens (tertiary/aromatic N) is 2. The summed E-state index contributed by atoms with van der Waals surface area (Å²) in [7, 11) is 0. The first-order chi connectivity index (χ1) is 9.17. The predicted molar refractivity (Wildman–Crippen MR) is 74.4 cm³/mol. The molecule has 2 atom stereocenters. The Morgan fingerprint density at radius 2 is 2.05 bits per heavy atom. The molecule has 0 N–H and O–H groups in total. The molecule has 2 fully saturated rings. The van der Waals surface area contributed by atoms with Crippen molar-refractivity contribution < 1.29 is 4.79 Å². The van der Waals surface area contributed by atoms with Crippen molar-refractivity contribution in [3.8, 4) is 0 Å². The second-order valence-corrected chi connectivity index (χ2v) is 6.05. The minimum atomic E-state index is 0.286. The van der Waals surface area contributed by atoms with Gasteiger partial charge in [-0.3, -0.25) is 9.78 Å². The van der Waals surface area contributed by atoms with Gasteiger partial charge >= 0.3 is 0 Å². The molecule has 1 amide bonds. The molecule has 0 aromatic carbocycles. The Labute approximate surface area is 115 Å². The highest BCUT2D eigenvalue weighted by Crippen LogP contribution is 2.54. The number of aryl methyl sites for hydroxylation is 1. The van der Waals surface area contributed by atoms with Crippen molar-refractivity contribution in [3.05, 3.63) is 29.6 Å². The molecule has 1 aromatic heterocycles. The summed E-state index contributed by atoms with van der Waals surface area (Å²) in [4.78, 5) is 19.0. The van der Waals surface area contributed by atoms with Gasteiger partial charge in [-0.25, -0.2) is 0 Å². The molecule has 19 heavy (non-hydrogen) atoms. The van der Waals surface area contributed by atoms with Gasteiger partial charge in [0.25, 0.3) is 0 Å². The van der Waals surface area contributed by atoms with E-state index in [0.29, 0.717) is 12.5 Å². The van der Waals surface area contributed by atoms with Crippen LogP contribution in [0, 0.1) is 24.7 Å². The Hall–Kier alpha value is -1.38. The monoisotopic (exact) mass is 258 g/mol. The van der Waals surface area contributed by atoms with Gasteiger partial charge < -0.3 is 4.90 Å². The smallest absolute Gasteiger partial charge is 0.226 e. The molecule has 0 bridgehead atoms. The molecule has 2 unspecified atom stereocenters. The van der Waals surface area contributed by atoms with E-state index < -0.39 is 0 Å². The topological polar surface area (TPSA) is 33.2 Å². The van der Waals surface area contributed by atoms with Crippen molar-refractivity contribution in [3.63, 3.8) is 0 Å². The number of hydrogen-bond acceptors (Lipinski definition) is 2. The van der Waals surface area contributed by atoms with Crippen LogP contribution < -0.4 is 0 Å². The molecular weight excluding hydrogens is 236 g/mol. The summed E-state index contributed by atoms with van der Waals surface area (Å²) >= 11 is 0. The highest BCUT2D eigenvalue weighted by molar-refractivity contribution is 5.79. The van der Waals surface area contributed by atoms with Crippen LogP contribution in [0.1, 0.15) is 37.6 Å².